The molecule has 1 aromatic rings. The lowest BCUT2D eigenvalue weighted by Gasteiger charge is -1.97. The van der Waals surface area contributed by atoms with E-state index in [1.165, 1.54) is 0 Å². The Kier molecular flexibility index (Phi) is 6.11. The number of anilines is 1. The van der Waals surface area contributed by atoms with Gasteiger partial charge in [0.1, 0.15) is 0 Å². The van der Waals surface area contributed by atoms with Crippen molar-refractivity contribution in [2.45, 2.75) is 20.8 Å². The zero-order chi connectivity index (χ0) is 11.0. The van der Waals surface area contributed by atoms with Gasteiger partial charge >= 0.3 is 0 Å². The lowest BCUT2D eigenvalue weighted by atomic mass is 10.2. The van der Waals surface area contributed by atoms with Crippen molar-refractivity contribution in [3.8, 4) is 0 Å². The highest BCUT2D eigenvalue weighted by molar-refractivity contribution is 5.43. The summed E-state index contributed by atoms with van der Waals surface area (Å²) in [6.45, 7) is 6.54. The third kappa shape index (κ3) is 5.13. The lowest BCUT2D eigenvalue weighted by Crippen LogP contribution is -1.92. The summed E-state index contributed by atoms with van der Waals surface area (Å²) in [5.74, 6) is 0. The second kappa shape index (κ2) is 6.88. The summed E-state index contributed by atoms with van der Waals surface area (Å²) in [4.78, 5) is 13.2. The summed E-state index contributed by atoms with van der Waals surface area (Å²) in [5, 5.41) is 0. The Morgan fingerprint density at radius 2 is 2.21 bits per heavy atom. The molecule has 0 saturated carbocycles. The molecule has 0 atom stereocenters. The monoisotopic (exact) mass is 196 g/mol. The first-order chi connectivity index (χ1) is 6.61. The maximum absolute atomic E-state index is 9.18. The van der Waals surface area contributed by atoms with Crippen LogP contribution in [0.5, 0.6) is 0 Å². The summed E-state index contributed by atoms with van der Waals surface area (Å²) < 4.78 is 4.15. The van der Waals surface area contributed by atoms with Crippen LogP contribution in [0.1, 0.15) is 18.2 Å². The van der Waals surface area contributed by atoms with Gasteiger partial charge in [0.2, 0.25) is 0 Å². The van der Waals surface area contributed by atoms with Crippen LogP contribution in [-0.4, -0.2) is 18.1 Å². The summed E-state index contributed by atoms with van der Waals surface area (Å²) in [6.07, 6.45) is 1.81. The number of hydrogen-bond acceptors (Lipinski definition) is 4. The standard InChI is InChI=1S/C7H10N2.C3H6O2/c1-5-3-7(8)6(2)9-4-5;1-2-5-3-4/h3-4H,8H2,1-2H3;3H,2H2,1H3. The second-order valence-corrected chi connectivity index (χ2v) is 2.74. The first-order valence-electron chi connectivity index (χ1n) is 4.35. The molecule has 0 aliphatic carbocycles. The molecule has 1 heterocycles. The summed E-state index contributed by atoms with van der Waals surface area (Å²) >= 11 is 0. The molecule has 0 aliphatic rings. The minimum Gasteiger partial charge on any atom is -0.468 e. The topological polar surface area (TPSA) is 65.2 Å². The molecule has 78 valence electrons. The average Bonchev–Trinajstić information content (AvgIpc) is 2.14. The van der Waals surface area contributed by atoms with E-state index in [-0.39, 0.29) is 0 Å². The van der Waals surface area contributed by atoms with Crippen molar-refractivity contribution >= 4 is 12.2 Å². The number of aromatic nitrogens is 1. The number of pyridine rings is 1. The Morgan fingerprint density at radius 1 is 1.57 bits per heavy atom. The summed E-state index contributed by atoms with van der Waals surface area (Å²) in [5.41, 5.74) is 8.34. The van der Waals surface area contributed by atoms with E-state index in [4.69, 9.17) is 5.73 Å². The minimum absolute atomic E-state index is 0.431. The van der Waals surface area contributed by atoms with Gasteiger partial charge in [-0.3, -0.25) is 9.78 Å². The molecule has 14 heavy (non-hydrogen) atoms. The van der Waals surface area contributed by atoms with Gasteiger partial charge < -0.3 is 10.5 Å². The van der Waals surface area contributed by atoms with Crippen LogP contribution in [-0.2, 0) is 9.53 Å². The van der Waals surface area contributed by atoms with Gasteiger partial charge in [0.25, 0.3) is 6.47 Å². The molecule has 0 bridgehead atoms. The van der Waals surface area contributed by atoms with Crippen LogP contribution in [0, 0.1) is 13.8 Å². The molecule has 1 aromatic heterocycles. The largest absolute Gasteiger partial charge is 0.468 e. The van der Waals surface area contributed by atoms with E-state index in [2.05, 4.69) is 9.72 Å². The van der Waals surface area contributed by atoms with E-state index >= 15 is 0 Å². The number of nitrogens with zero attached hydrogens (tertiary/aromatic N) is 1. The van der Waals surface area contributed by atoms with Crippen molar-refractivity contribution < 1.29 is 9.53 Å². The molecule has 0 spiro atoms. The van der Waals surface area contributed by atoms with Crippen molar-refractivity contribution in [2.75, 3.05) is 12.3 Å². The molecule has 0 unspecified atom stereocenters. The van der Waals surface area contributed by atoms with Crippen molar-refractivity contribution in [3.05, 3.63) is 23.5 Å². The zero-order valence-electron chi connectivity index (χ0n) is 8.78. The molecular formula is C10H16N2O2. The number of nitrogen functional groups attached to an aromatic ring is 1. The van der Waals surface area contributed by atoms with Gasteiger partial charge in [-0.05, 0) is 32.4 Å². The van der Waals surface area contributed by atoms with Gasteiger partial charge in [-0.15, -0.1) is 0 Å². The van der Waals surface area contributed by atoms with E-state index < -0.39 is 0 Å². The van der Waals surface area contributed by atoms with Crippen LogP contribution in [0.25, 0.3) is 0 Å². The number of ether oxygens (including phenoxy) is 1. The second-order valence-electron chi connectivity index (χ2n) is 2.74. The van der Waals surface area contributed by atoms with Crippen molar-refractivity contribution in [1.82, 2.24) is 4.98 Å². The molecule has 1 rings (SSSR count). The average molecular weight is 196 g/mol. The van der Waals surface area contributed by atoms with Crippen LogP contribution >= 0.6 is 0 Å². The molecule has 4 heteroatoms. The fourth-order valence-corrected chi connectivity index (χ4v) is 0.728. The third-order valence-corrected chi connectivity index (χ3v) is 1.50. The Morgan fingerprint density at radius 3 is 2.50 bits per heavy atom. The van der Waals surface area contributed by atoms with E-state index in [0.29, 0.717) is 13.1 Å². The van der Waals surface area contributed by atoms with Crippen molar-refractivity contribution in [2.24, 2.45) is 0 Å². The highest BCUT2D eigenvalue weighted by Gasteiger charge is 1.91. The zero-order valence-corrected chi connectivity index (χ0v) is 8.78. The Hall–Kier alpha value is -1.58. The molecule has 0 aromatic carbocycles. The Bertz CT molecular complexity index is 287. The van der Waals surface area contributed by atoms with Crippen molar-refractivity contribution in [1.29, 1.82) is 0 Å². The smallest absolute Gasteiger partial charge is 0.293 e. The number of rotatable bonds is 2. The molecule has 0 aliphatic heterocycles. The predicted octanol–water partition coefficient (Wildman–Crippen LogP) is 1.46. The van der Waals surface area contributed by atoms with Crippen LogP contribution < -0.4 is 5.73 Å². The third-order valence-electron chi connectivity index (χ3n) is 1.50. The lowest BCUT2D eigenvalue weighted by molar-refractivity contribution is -0.128. The highest BCUT2D eigenvalue weighted by Crippen LogP contribution is 2.07. The normalized spacial score (nSPS) is 8.50. The Balaban J connectivity index is 0.000000292. The summed E-state index contributed by atoms with van der Waals surface area (Å²) in [7, 11) is 0. The number of carbonyl (C=O) groups excluding carboxylic acids is 1. The maximum Gasteiger partial charge on any atom is 0.293 e. The molecule has 0 fully saturated rings. The molecule has 2 N–H and O–H groups in total. The first kappa shape index (κ1) is 12.4. The number of hydrogen-bond donors (Lipinski definition) is 1. The number of carbonyl (C=O) groups is 1. The van der Waals surface area contributed by atoms with Gasteiger partial charge in [0, 0.05) is 6.20 Å². The van der Waals surface area contributed by atoms with E-state index in [1.807, 2.05) is 26.1 Å². The van der Waals surface area contributed by atoms with E-state index in [1.54, 1.807) is 6.92 Å². The molecule has 0 radical (unpaired) electrons. The fourth-order valence-electron chi connectivity index (χ4n) is 0.728. The molecular weight excluding hydrogens is 180 g/mol. The summed E-state index contributed by atoms with van der Waals surface area (Å²) in [6, 6.07) is 1.92. The van der Waals surface area contributed by atoms with Crippen LogP contribution in [0.4, 0.5) is 5.69 Å². The number of nitrogens with two attached hydrogens (primary N) is 1. The predicted molar refractivity (Wildman–Crippen MR) is 55.8 cm³/mol. The van der Waals surface area contributed by atoms with Crippen LogP contribution in [0.15, 0.2) is 12.3 Å². The molecule has 4 nitrogen and oxygen atoms in total. The minimum atomic E-state index is 0.431. The van der Waals surface area contributed by atoms with E-state index in [0.717, 1.165) is 16.9 Å². The fraction of sp³-hybridized carbons (Fsp3) is 0.400. The maximum atomic E-state index is 9.18. The van der Waals surface area contributed by atoms with Gasteiger partial charge in [0.15, 0.2) is 0 Å². The van der Waals surface area contributed by atoms with E-state index in [9.17, 15) is 4.79 Å². The van der Waals surface area contributed by atoms with Crippen LogP contribution in [0.2, 0.25) is 0 Å². The number of aryl methyl sites for hydroxylation is 2. The van der Waals surface area contributed by atoms with Crippen LogP contribution in [0.3, 0.4) is 0 Å². The van der Waals surface area contributed by atoms with Crippen molar-refractivity contribution in [3.63, 3.8) is 0 Å². The van der Waals surface area contributed by atoms with Gasteiger partial charge in [-0.1, -0.05) is 0 Å². The van der Waals surface area contributed by atoms with Gasteiger partial charge in [-0.2, -0.15) is 0 Å². The van der Waals surface area contributed by atoms with Gasteiger partial charge in [0.05, 0.1) is 18.0 Å². The first-order valence-corrected chi connectivity index (χ1v) is 4.35. The quantitative estimate of drug-likeness (QED) is 0.727. The molecule has 0 amide bonds. The Labute approximate surface area is 84.1 Å². The highest BCUT2D eigenvalue weighted by atomic mass is 16.5. The molecule has 0 saturated heterocycles. The SMILES string of the molecule is CCOC=O.Cc1cnc(C)c(N)c1. The van der Waals surface area contributed by atoms with Gasteiger partial charge in [-0.25, -0.2) is 0 Å².